The molecule has 0 fully saturated rings. The standard InChI is InChI=1S/C21H23F2N5/c1-15(18-9-8-17(22)12-19(18)23)27-21(24-2)26-13-20-25-10-11-28(20)14-16-6-4-3-5-7-16/h3-12,15H,13-14H2,1-2H3,(H2,24,26,27). The maximum absolute atomic E-state index is 14.0. The monoisotopic (exact) mass is 383 g/mol. The lowest BCUT2D eigenvalue weighted by molar-refractivity contribution is 0.550. The lowest BCUT2D eigenvalue weighted by Crippen LogP contribution is -2.39. The molecule has 0 bridgehead atoms. The van der Waals surface area contributed by atoms with Gasteiger partial charge in [-0.1, -0.05) is 36.4 Å². The van der Waals surface area contributed by atoms with Crippen LogP contribution >= 0.6 is 0 Å². The number of aliphatic imine (C=N–C) groups is 1. The molecule has 2 aromatic carbocycles. The van der Waals surface area contributed by atoms with E-state index in [1.165, 1.54) is 17.7 Å². The number of imidazole rings is 1. The zero-order valence-corrected chi connectivity index (χ0v) is 15.9. The molecular weight excluding hydrogens is 360 g/mol. The van der Waals surface area contributed by atoms with Gasteiger partial charge in [0.2, 0.25) is 0 Å². The number of aromatic nitrogens is 2. The van der Waals surface area contributed by atoms with Crippen molar-refractivity contribution in [3.63, 3.8) is 0 Å². The van der Waals surface area contributed by atoms with E-state index < -0.39 is 11.6 Å². The second-order valence-electron chi connectivity index (χ2n) is 6.41. The zero-order valence-electron chi connectivity index (χ0n) is 15.9. The second kappa shape index (κ2) is 9.12. The molecule has 0 aliphatic heterocycles. The van der Waals surface area contributed by atoms with E-state index in [-0.39, 0.29) is 6.04 Å². The van der Waals surface area contributed by atoms with Crippen molar-refractivity contribution in [3.8, 4) is 0 Å². The smallest absolute Gasteiger partial charge is 0.191 e. The molecule has 3 rings (SSSR count). The Balaban J connectivity index is 1.61. The van der Waals surface area contributed by atoms with Gasteiger partial charge in [-0.25, -0.2) is 13.8 Å². The van der Waals surface area contributed by atoms with Gasteiger partial charge in [-0.3, -0.25) is 4.99 Å². The predicted molar refractivity (Wildman–Crippen MR) is 106 cm³/mol. The number of benzene rings is 2. The summed E-state index contributed by atoms with van der Waals surface area (Å²) in [5.41, 5.74) is 1.56. The molecule has 0 radical (unpaired) electrons. The Labute approximate surface area is 163 Å². The third kappa shape index (κ3) is 4.94. The van der Waals surface area contributed by atoms with Gasteiger partial charge in [0.25, 0.3) is 0 Å². The van der Waals surface area contributed by atoms with Gasteiger partial charge in [-0.15, -0.1) is 0 Å². The lowest BCUT2D eigenvalue weighted by atomic mass is 10.1. The average molecular weight is 383 g/mol. The first-order chi connectivity index (χ1) is 13.6. The summed E-state index contributed by atoms with van der Waals surface area (Å²) >= 11 is 0. The molecule has 0 aliphatic carbocycles. The molecule has 1 unspecified atom stereocenters. The number of nitrogens with zero attached hydrogens (tertiary/aromatic N) is 3. The molecule has 7 heteroatoms. The highest BCUT2D eigenvalue weighted by atomic mass is 19.1. The second-order valence-corrected chi connectivity index (χ2v) is 6.41. The van der Waals surface area contributed by atoms with Crippen LogP contribution in [0.3, 0.4) is 0 Å². The van der Waals surface area contributed by atoms with Crippen LogP contribution in [0.2, 0.25) is 0 Å². The van der Waals surface area contributed by atoms with Crippen LogP contribution in [-0.4, -0.2) is 22.6 Å². The fourth-order valence-corrected chi connectivity index (χ4v) is 2.92. The van der Waals surface area contributed by atoms with Crippen LogP contribution in [0.25, 0.3) is 0 Å². The van der Waals surface area contributed by atoms with E-state index in [1.807, 2.05) is 24.4 Å². The Morgan fingerprint density at radius 3 is 2.68 bits per heavy atom. The van der Waals surface area contributed by atoms with Gasteiger partial charge in [0, 0.05) is 37.6 Å². The van der Waals surface area contributed by atoms with Gasteiger partial charge < -0.3 is 15.2 Å². The number of hydrogen-bond donors (Lipinski definition) is 2. The van der Waals surface area contributed by atoms with Crippen molar-refractivity contribution in [2.24, 2.45) is 4.99 Å². The quantitative estimate of drug-likeness (QED) is 0.505. The molecule has 0 spiro atoms. The van der Waals surface area contributed by atoms with Crippen molar-refractivity contribution in [1.82, 2.24) is 20.2 Å². The molecule has 0 aliphatic rings. The Hall–Kier alpha value is -3.22. The van der Waals surface area contributed by atoms with Crippen LogP contribution in [0.1, 0.15) is 29.9 Å². The minimum absolute atomic E-state index is 0.370. The first kappa shape index (κ1) is 19.5. The van der Waals surface area contributed by atoms with Crippen LogP contribution in [0.15, 0.2) is 65.9 Å². The van der Waals surface area contributed by atoms with Gasteiger partial charge in [-0.2, -0.15) is 0 Å². The molecule has 3 aromatic rings. The molecular formula is C21H23F2N5. The van der Waals surface area contributed by atoms with E-state index in [0.717, 1.165) is 18.4 Å². The van der Waals surface area contributed by atoms with Crippen molar-refractivity contribution in [2.75, 3.05) is 7.05 Å². The Morgan fingerprint density at radius 2 is 1.96 bits per heavy atom. The van der Waals surface area contributed by atoms with E-state index in [4.69, 9.17) is 0 Å². The highest BCUT2D eigenvalue weighted by Crippen LogP contribution is 2.17. The molecule has 5 nitrogen and oxygen atoms in total. The molecule has 1 aromatic heterocycles. The van der Waals surface area contributed by atoms with Crippen LogP contribution < -0.4 is 10.6 Å². The number of guanidine groups is 1. The van der Waals surface area contributed by atoms with E-state index in [0.29, 0.717) is 18.1 Å². The van der Waals surface area contributed by atoms with Crippen LogP contribution in [0.5, 0.6) is 0 Å². The summed E-state index contributed by atoms with van der Waals surface area (Å²) < 4.78 is 29.1. The molecule has 1 heterocycles. The Bertz CT molecular complexity index is 937. The fraction of sp³-hybridized carbons (Fsp3) is 0.238. The van der Waals surface area contributed by atoms with Gasteiger partial charge in [0.1, 0.15) is 17.5 Å². The maximum atomic E-state index is 14.0. The van der Waals surface area contributed by atoms with E-state index >= 15 is 0 Å². The van der Waals surface area contributed by atoms with E-state index in [9.17, 15) is 8.78 Å². The molecule has 0 amide bonds. The molecule has 2 N–H and O–H groups in total. The van der Waals surface area contributed by atoms with E-state index in [1.54, 1.807) is 20.2 Å². The van der Waals surface area contributed by atoms with Crippen molar-refractivity contribution < 1.29 is 8.78 Å². The summed E-state index contributed by atoms with van der Waals surface area (Å²) in [5.74, 6) is 0.174. The number of halogens is 2. The first-order valence-electron chi connectivity index (χ1n) is 9.03. The SMILES string of the molecule is CN=C(NCc1nccn1Cc1ccccc1)NC(C)c1ccc(F)cc1F. The molecule has 0 saturated carbocycles. The fourth-order valence-electron chi connectivity index (χ4n) is 2.92. The minimum atomic E-state index is -0.596. The third-order valence-electron chi connectivity index (χ3n) is 4.42. The van der Waals surface area contributed by atoms with E-state index in [2.05, 4.69) is 37.3 Å². The summed E-state index contributed by atoms with van der Waals surface area (Å²) in [6.45, 7) is 2.97. The van der Waals surface area contributed by atoms with Gasteiger partial charge in [-0.05, 0) is 18.6 Å². The van der Waals surface area contributed by atoms with Crippen LogP contribution in [0, 0.1) is 11.6 Å². The molecule has 0 saturated heterocycles. The summed E-state index contributed by atoms with van der Waals surface area (Å²) in [4.78, 5) is 8.57. The highest BCUT2D eigenvalue weighted by Gasteiger charge is 2.13. The van der Waals surface area contributed by atoms with Crippen molar-refractivity contribution in [3.05, 3.63) is 89.5 Å². The van der Waals surface area contributed by atoms with Gasteiger partial charge >= 0.3 is 0 Å². The molecule has 28 heavy (non-hydrogen) atoms. The van der Waals surface area contributed by atoms with Crippen molar-refractivity contribution in [1.29, 1.82) is 0 Å². The van der Waals surface area contributed by atoms with Crippen molar-refractivity contribution >= 4 is 5.96 Å². The van der Waals surface area contributed by atoms with Crippen LogP contribution in [-0.2, 0) is 13.1 Å². The van der Waals surface area contributed by atoms with Gasteiger partial charge in [0.15, 0.2) is 5.96 Å². The number of rotatable bonds is 6. The predicted octanol–water partition coefficient (Wildman–Crippen LogP) is 3.64. The first-order valence-corrected chi connectivity index (χ1v) is 9.03. The van der Waals surface area contributed by atoms with Gasteiger partial charge in [0.05, 0.1) is 12.6 Å². The minimum Gasteiger partial charge on any atom is -0.350 e. The number of hydrogen-bond acceptors (Lipinski definition) is 2. The number of nitrogens with one attached hydrogen (secondary N) is 2. The largest absolute Gasteiger partial charge is 0.350 e. The topological polar surface area (TPSA) is 54.2 Å². The summed E-state index contributed by atoms with van der Waals surface area (Å²) in [7, 11) is 1.64. The average Bonchev–Trinajstić information content (AvgIpc) is 3.12. The normalized spacial score (nSPS) is 12.6. The summed E-state index contributed by atoms with van der Waals surface area (Å²) in [6.07, 6.45) is 3.68. The Morgan fingerprint density at radius 1 is 1.18 bits per heavy atom. The molecule has 146 valence electrons. The summed E-state index contributed by atoms with van der Waals surface area (Å²) in [6, 6.07) is 13.3. The molecule has 1 atom stereocenters. The third-order valence-corrected chi connectivity index (χ3v) is 4.42. The van der Waals surface area contributed by atoms with Crippen LogP contribution in [0.4, 0.5) is 8.78 Å². The zero-order chi connectivity index (χ0) is 19.9. The van der Waals surface area contributed by atoms with Crippen molar-refractivity contribution in [2.45, 2.75) is 26.1 Å². The Kier molecular flexibility index (Phi) is 6.37. The highest BCUT2D eigenvalue weighted by molar-refractivity contribution is 5.80. The summed E-state index contributed by atoms with van der Waals surface area (Å²) in [5, 5.41) is 6.30. The maximum Gasteiger partial charge on any atom is 0.191 e. The lowest BCUT2D eigenvalue weighted by Gasteiger charge is -2.19.